The van der Waals surface area contributed by atoms with Crippen molar-refractivity contribution in [2.24, 2.45) is 0 Å². The molecular formula is C26H19F3N4O3. The van der Waals surface area contributed by atoms with Crippen LogP contribution in [0.5, 0.6) is 0 Å². The predicted molar refractivity (Wildman–Crippen MR) is 127 cm³/mol. The predicted octanol–water partition coefficient (Wildman–Crippen LogP) is 4.89. The lowest BCUT2D eigenvalue weighted by Crippen LogP contribution is -2.39. The van der Waals surface area contributed by atoms with E-state index in [2.05, 4.69) is 10.1 Å². The Bertz CT molecular complexity index is 1730. The van der Waals surface area contributed by atoms with Crippen molar-refractivity contribution in [2.75, 3.05) is 0 Å². The Hall–Kier alpha value is -4.47. The molecule has 0 unspecified atom stereocenters. The average molecular weight is 492 g/mol. The third-order valence-electron chi connectivity index (χ3n) is 6.01. The molecule has 0 aliphatic heterocycles. The Labute approximate surface area is 202 Å². The molecule has 36 heavy (non-hydrogen) atoms. The standard InChI is InChI=1S/C26H19F3N4O3/c1-15-10-11-19(12-16(15)2)33-24(34)20-8-3-4-9-21(20)32(25(33)35)14-22-30-23(31-36-22)17-6-5-7-18(13-17)26(27,28)29/h3-13H,14H2,1-2H3. The van der Waals surface area contributed by atoms with Crippen LogP contribution in [0.25, 0.3) is 28.0 Å². The minimum Gasteiger partial charge on any atom is -0.337 e. The van der Waals surface area contributed by atoms with Gasteiger partial charge in [-0.15, -0.1) is 0 Å². The molecule has 10 heteroatoms. The molecule has 2 heterocycles. The van der Waals surface area contributed by atoms with Crippen molar-refractivity contribution in [1.82, 2.24) is 19.3 Å². The summed E-state index contributed by atoms with van der Waals surface area (Å²) in [6.07, 6.45) is -4.52. The maximum Gasteiger partial charge on any atom is 0.416 e. The smallest absolute Gasteiger partial charge is 0.337 e. The Morgan fingerprint density at radius 2 is 1.69 bits per heavy atom. The summed E-state index contributed by atoms with van der Waals surface area (Å²) in [5.41, 5.74) is 0.924. The summed E-state index contributed by atoms with van der Waals surface area (Å²) in [5.74, 6) is -0.0455. The van der Waals surface area contributed by atoms with E-state index >= 15 is 0 Å². The van der Waals surface area contributed by atoms with Crippen LogP contribution in [0.4, 0.5) is 13.2 Å². The SMILES string of the molecule is Cc1ccc(-n2c(=O)c3ccccc3n(Cc3nc(-c4cccc(C(F)(F)F)c4)no3)c2=O)cc1C. The number of aromatic nitrogens is 4. The fourth-order valence-electron chi connectivity index (χ4n) is 3.97. The lowest BCUT2D eigenvalue weighted by Gasteiger charge is -2.13. The Balaban J connectivity index is 1.62. The van der Waals surface area contributed by atoms with Crippen molar-refractivity contribution in [3.63, 3.8) is 0 Å². The number of alkyl halides is 3. The highest BCUT2D eigenvalue weighted by atomic mass is 19.4. The largest absolute Gasteiger partial charge is 0.416 e. The number of rotatable bonds is 4. The molecule has 0 saturated carbocycles. The van der Waals surface area contributed by atoms with Gasteiger partial charge in [0.1, 0.15) is 6.54 Å². The highest BCUT2D eigenvalue weighted by molar-refractivity contribution is 5.78. The van der Waals surface area contributed by atoms with E-state index in [0.717, 1.165) is 27.8 Å². The Kier molecular flexibility index (Phi) is 5.58. The van der Waals surface area contributed by atoms with Gasteiger partial charge in [-0.2, -0.15) is 18.2 Å². The summed E-state index contributed by atoms with van der Waals surface area (Å²) in [5, 5.41) is 4.11. The van der Waals surface area contributed by atoms with E-state index in [9.17, 15) is 22.8 Å². The third kappa shape index (κ3) is 4.10. The fourth-order valence-corrected chi connectivity index (χ4v) is 3.97. The molecule has 0 saturated heterocycles. The van der Waals surface area contributed by atoms with Gasteiger partial charge in [-0.05, 0) is 61.4 Å². The van der Waals surface area contributed by atoms with E-state index in [4.69, 9.17) is 4.52 Å². The van der Waals surface area contributed by atoms with E-state index in [1.165, 1.54) is 16.7 Å². The van der Waals surface area contributed by atoms with E-state index in [0.29, 0.717) is 16.6 Å². The number of hydrogen-bond donors (Lipinski definition) is 0. The van der Waals surface area contributed by atoms with Crippen LogP contribution in [0.15, 0.2) is 80.8 Å². The fraction of sp³-hybridized carbons (Fsp3) is 0.154. The second-order valence-electron chi connectivity index (χ2n) is 8.39. The first kappa shape index (κ1) is 23.3. The van der Waals surface area contributed by atoms with Crippen LogP contribution < -0.4 is 11.2 Å². The first-order valence-electron chi connectivity index (χ1n) is 11.0. The molecule has 7 nitrogen and oxygen atoms in total. The van der Waals surface area contributed by atoms with Gasteiger partial charge in [0, 0.05) is 5.56 Å². The van der Waals surface area contributed by atoms with Crippen molar-refractivity contribution in [3.8, 4) is 17.1 Å². The maximum absolute atomic E-state index is 13.5. The molecule has 0 aliphatic carbocycles. The second kappa shape index (κ2) is 8.63. The topological polar surface area (TPSA) is 82.9 Å². The molecule has 2 aromatic heterocycles. The summed E-state index contributed by atoms with van der Waals surface area (Å²) in [4.78, 5) is 31.0. The maximum atomic E-state index is 13.5. The third-order valence-corrected chi connectivity index (χ3v) is 6.01. The normalized spacial score (nSPS) is 11.8. The van der Waals surface area contributed by atoms with Crippen molar-refractivity contribution in [3.05, 3.63) is 110 Å². The van der Waals surface area contributed by atoms with Gasteiger partial charge in [0.05, 0.1) is 22.2 Å². The summed E-state index contributed by atoms with van der Waals surface area (Å²) in [6.45, 7) is 3.63. The Morgan fingerprint density at radius 3 is 2.44 bits per heavy atom. The molecule has 0 fully saturated rings. The number of halogens is 3. The van der Waals surface area contributed by atoms with Crippen LogP contribution in [-0.4, -0.2) is 19.3 Å². The van der Waals surface area contributed by atoms with Crippen molar-refractivity contribution >= 4 is 10.9 Å². The van der Waals surface area contributed by atoms with Crippen molar-refractivity contribution in [2.45, 2.75) is 26.6 Å². The lowest BCUT2D eigenvalue weighted by atomic mass is 10.1. The molecule has 0 N–H and O–H groups in total. The van der Waals surface area contributed by atoms with Crippen molar-refractivity contribution < 1.29 is 17.7 Å². The molecule has 3 aromatic carbocycles. The van der Waals surface area contributed by atoms with Gasteiger partial charge in [0.15, 0.2) is 0 Å². The quantitative estimate of drug-likeness (QED) is 0.357. The molecule has 5 rings (SSSR count). The minimum atomic E-state index is -4.52. The van der Waals surface area contributed by atoms with Crippen LogP contribution in [0.2, 0.25) is 0 Å². The highest BCUT2D eigenvalue weighted by Crippen LogP contribution is 2.31. The molecule has 0 aliphatic rings. The van der Waals surface area contributed by atoms with Gasteiger partial charge in [-0.25, -0.2) is 9.36 Å². The van der Waals surface area contributed by atoms with Gasteiger partial charge in [-0.3, -0.25) is 9.36 Å². The number of benzene rings is 3. The number of fused-ring (bicyclic) bond motifs is 1. The molecule has 5 aromatic rings. The van der Waals surface area contributed by atoms with E-state index in [-0.39, 0.29) is 23.8 Å². The monoisotopic (exact) mass is 492 g/mol. The van der Waals surface area contributed by atoms with Gasteiger partial charge in [0.25, 0.3) is 5.56 Å². The number of nitrogens with zero attached hydrogens (tertiary/aromatic N) is 4. The molecular weight excluding hydrogens is 473 g/mol. The summed E-state index contributed by atoms with van der Waals surface area (Å²) >= 11 is 0. The average Bonchev–Trinajstić information content (AvgIpc) is 3.32. The zero-order chi connectivity index (χ0) is 25.6. The molecule has 182 valence electrons. The molecule has 0 atom stereocenters. The van der Waals surface area contributed by atoms with Gasteiger partial charge in [-0.1, -0.05) is 35.5 Å². The van der Waals surface area contributed by atoms with Gasteiger partial charge >= 0.3 is 11.9 Å². The first-order chi connectivity index (χ1) is 17.1. The van der Waals surface area contributed by atoms with Crippen LogP contribution in [0.3, 0.4) is 0 Å². The van der Waals surface area contributed by atoms with E-state index < -0.39 is 23.0 Å². The minimum absolute atomic E-state index is 0.0000459. The van der Waals surface area contributed by atoms with Crippen LogP contribution in [-0.2, 0) is 12.7 Å². The van der Waals surface area contributed by atoms with Gasteiger partial charge < -0.3 is 4.52 Å². The molecule has 0 radical (unpaired) electrons. The summed E-state index contributed by atoms with van der Waals surface area (Å²) in [6, 6.07) is 16.5. The zero-order valence-corrected chi connectivity index (χ0v) is 19.2. The van der Waals surface area contributed by atoms with E-state index in [1.807, 2.05) is 19.9 Å². The summed E-state index contributed by atoms with van der Waals surface area (Å²) in [7, 11) is 0. The summed E-state index contributed by atoms with van der Waals surface area (Å²) < 4.78 is 47.0. The molecule has 0 spiro atoms. The number of aryl methyl sites for hydroxylation is 2. The van der Waals surface area contributed by atoms with Gasteiger partial charge in [0.2, 0.25) is 11.7 Å². The zero-order valence-electron chi connectivity index (χ0n) is 19.2. The Morgan fingerprint density at radius 1 is 0.917 bits per heavy atom. The number of hydrogen-bond acceptors (Lipinski definition) is 5. The second-order valence-corrected chi connectivity index (χ2v) is 8.39. The van der Waals surface area contributed by atoms with E-state index in [1.54, 1.807) is 36.4 Å². The highest BCUT2D eigenvalue weighted by Gasteiger charge is 2.30. The molecule has 0 amide bonds. The van der Waals surface area contributed by atoms with Crippen LogP contribution in [0, 0.1) is 13.8 Å². The number of para-hydroxylation sites is 1. The van der Waals surface area contributed by atoms with Crippen molar-refractivity contribution in [1.29, 1.82) is 0 Å². The van der Waals surface area contributed by atoms with Crippen LogP contribution >= 0.6 is 0 Å². The lowest BCUT2D eigenvalue weighted by molar-refractivity contribution is -0.137. The molecule has 0 bridgehead atoms. The van der Waals surface area contributed by atoms with Crippen LogP contribution in [0.1, 0.15) is 22.6 Å². The first-order valence-corrected chi connectivity index (χ1v) is 11.0.